The van der Waals surface area contributed by atoms with Gasteiger partial charge in [0.1, 0.15) is 0 Å². The first-order valence-corrected chi connectivity index (χ1v) is 8.22. The fourth-order valence-corrected chi connectivity index (χ4v) is 3.94. The molecule has 7 heteroatoms. The van der Waals surface area contributed by atoms with Gasteiger partial charge in [-0.1, -0.05) is 30.3 Å². The third kappa shape index (κ3) is 2.04. The SMILES string of the molecule is CCOC(=O)[C@]12C[C@@H](c3ccccc3)[C@@]1(C(=O)OCC)NC(=O)C2=O. The van der Waals surface area contributed by atoms with Crippen LogP contribution in [-0.2, 0) is 28.7 Å². The summed E-state index contributed by atoms with van der Waals surface area (Å²) in [5.74, 6) is -4.10. The molecule has 1 aromatic carbocycles. The molecule has 1 heterocycles. The van der Waals surface area contributed by atoms with Gasteiger partial charge in [-0.25, -0.2) is 4.79 Å². The van der Waals surface area contributed by atoms with Crippen molar-refractivity contribution in [3.8, 4) is 0 Å². The number of nitrogens with one attached hydrogen (secondary N) is 1. The molecule has 7 nitrogen and oxygen atoms in total. The van der Waals surface area contributed by atoms with Crippen molar-refractivity contribution in [1.29, 1.82) is 0 Å². The lowest BCUT2D eigenvalue weighted by Gasteiger charge is -2.54. The molecule has 0 spiro atoms. The maximum absolute atomic E-state index is 12.8. The zero-order valence-corrected chi connectivity index (χ0v) is 14.0. The molecule has 3 rings (SSSR count). The second-order valence-electron chi connectivity index (χ2n) is 6.10. The molecule has 2 fully saturated rings. The lowest BCUT2D eigenvalue weighted by Crippen LogP contribution is -2.74. The minimum Gasteiger partial charge on any atom is -0.465 e. The summed E-state index contributed by atoms with van der Waals surface area (Å²) in [4.78, 5) is 50.2. The van der Waals surface area contributed by atoms with Crippen molar-refractivity contribution < 1.29 is 28.7 Å². The first-order chi connectivity index (χ1) is 12.0. The molecular formula is C18H19NO6. The highest BCUT2D eigenvalue weighted by Crippen LogP contribution is 2.63. The number of carbonyl (C=O) groups excluding carboxylic acids is 4. The van der Waals surface area contributed by atoms with Crippen molar-refractivity contribution in [3.05, 3.63) is 35.9 Å². The van der Waals surface area contributed by atoms with Crippen LogP contribution in [0.5, 0.6) is 0 Å². The Morgan fingerprint density at radius 1 is 1.08 bits per heavy atom. The average molecular weight is 345 g/mol. The Labute approximate surface area is 144 Å². The number of hydrogen-bond acceptors (Lipinski definition) is 6. The van der Waals surface area contributed by atoms with Crippen LogP contribution in [0, 0.1) is 5.41 Å². The fourth-order valence-electron chi connectivity index (χ4n) is 3.94. The van der Waals surface area contributed by atoms with Crippen LogP contribution in [0.1, 0.15) is 31.7 Å². The molecule has 0 unspecified atom stereocenters. The van der Waals surface area contributed by atoms with Crippen LogP contribution in [0.3, 0.4) is 0 Å². The quantitative estimate of drug-likeness (QED) is 0.480. The minimum atomic E-state index is -1.87. The number of carbonyl (C=O) groups is 4. The van der Waals surface area contributed by atoms with E-state index in [9.17, 15) is 19.2 Å². The summed E-state index contributed by atoms with van der Waals surface area (Å²) < 4.78 is 10.2. The molecule has 3 atom stereocenters. The predicted molar refractivity (Wildman–Crippen MR) is 85.4 cm³/mol. The van der Waals surface area contributed by atoms with E-state index >= 15 is 0 Å². The average Bonchev–Trinajstić information content (AvgIpc) is 2.75. The van der Waals surface area contributed by atoms with Gasteiger partial charge in [0.05, 0.1) is 13.2 Å². The number of esters is 2. The van der Waals surface area contributed by atoms with E-state index in [1.165, 1.54) is 0 Å². The number of hydrogen-bond donors (Lipinski definition) is 1. The van der Waals surface area contributed by atoms with Crippen molar-refractivity contribution in [2.45, 2.75) is 31.7 Å². The number of Topliss-reactive ketones (excluding diaryl/α,β-unsaturated/α-hetero) is 1. The normalized spacial score (nSPS) is 30.1. The molecule has 132 valence electrons. The summed E-state index contributed by atoms with van der Waals surface area (Å²) >= 11 is 0. The molecule has 1 amide bonds. The first-order valence-electron chi connectivity index (χ1n) is 8.22. The van der Waals surface area contributed by atoms with Gasteiger partial charge in [0.2, 0.25) is 5.78 Å². The van der Waals surface area contributed by atoms with E-state index in [0.29, 0.717) is 0 Å². The molecule has 1 aromatic rings. The van der Waals surface area contributed by atoms with Crippen molar-refractivity contribution in [1.82, 2.24) is 5.32 Å². The molecule has 1 aliphatic carbocycles. The summed E-state index contributed by atoms with van der Waals surface area (Å²) in [5, 5.41) is 2.47. The van der Waals surface area contributed by atoms with Crippen LogP contribution in [0.25, 0.3) is 0 Å². The molecule has 1 aliphatic heterocycles. The van der Waals surface area contributed by atoms with Crippen LogP contribution < -0.4 is 5.32 Å². The van der Waals surface area contributed by atoms with Crippen molar-refractivity contribution >= 4 is 23.6 Å². The Morgan fingerprint density at radius 3 is 2.28 bits per heavy atom. The zero-order chi connectivity index (χ0) is 18.2. The third-order valence-corrected chi connectivity index (χ3v) is 5.03. The Bertz CT molecular complexity index is 745. The molecule has 2 aliphatic rings. The molecule has 1 N–H and O–H groups in total. The number of rotatable bonds is 5. The highest BCUT2D eigenvalue weighted by Gasteiger charge is 2.83. The monoisotopic (exact) mass is 345 g/mol. The van der Waals surface area contributed by atoms with Gasteiger partial charge in [-0.15, -0.1) is 0 Å². The van der Waals surface area contributed by atoms with E-state index in [4.69, 9.17) is 9.47 Å². The molecule has 1 saturated heterocycles. The Hall–Kier alpha value is -2.70. The van der Waals surface area contributed by atoms with Gasteiger partial charge in [0.25, 0.3) is 5.91 Å². The summed E-state index contributed by atoms with van der Waals surface area (Å²) in [7, 11) is 0. The Balaban J connectivity index is 2.15. The smallest absolute Gasteiger partial charge is 0.334 e. The van der Waals surface area contributed by atoms with Crippen LogP contribution in [-0.4, -0.2) is 42.4 Å². The highest BCUT2D eigenvalue weighted by molar-refractivity contribution is 6.47. The van der Waals surface area contributed by atoms with Gasteiger partial charge in [0.15, 0.2) is 11.0 Å². The third-order valence-electron chi connectivity index (χ3n) is 5.03. The second-order valence-corrected chi connectivity index (χ2v) is 6.10. The number of benzene rings is 1. The van der Waals surface area contributed by atoms with E-state index in [2.05, 4.69) is 5.32 Å². The fraction of sp³-hybridized carbons (Fsp3) is 0.444. The molecule has 0 bridgehead atoms. The molecule has 1 saturated carbocycles. The summed E-state index contributed by atoms with van der Waals surface area (Å²) in [5.41, 5.74) is -2.89. The van der Waals surface area contributed by atoms with E-state index < -0.39 is 40.5 Å². The molecular weight excluding hydrogens is 326 g/mol. The second kappa shape index (κ2) is 5.98. The van der Waals surface area contributed by atoms with E-state index in [0.717, 1.165) is 5.56 Å². The lowest BCUT2D eigenvalue weighted by atomic mass is 9.47. The standard InChI is InChI=1S/C18H19NO6/c1-3-24-15(22)17-10-12(11-8-6-5-7-9-11)18(17,16(23)25-4-2)19-14(21)13(17)20/h5-9,12H,3-4,10H2,1-2H3,(H,19,21)/t12-,17+,18-/m0/s1. The van der Waals surface area contributed by atoms with Gasteiger partial charge >= 0.3 is 11.9 Å². The first kappa shape index (κ1) is 17.1. The highest BCUT2D eigenvalue weighted by atomic mass is 16.5. The Morgan fingerprint density at radius 2 is 1.68 bits per heavy atom. The van der Waals surface area contributed by atoms with Gasteiger partial charge < -0.3 is 14.8 Å². The number of fused-ring (bicyclic) bond motifs is 1. The lowest BCUT2D eigenvalue weighted by molar-refractivity contribution is -0.187. The van der Waals surface area contributed by atoms with Gasteiger partial charge in [-0.05, 0) is 25.8 Å². The summed E-state index contributed by atoms with van der Waals surface area (Å²) in [6, 6.07) is 8.97. The molecule has 25 heavy (non-hydrogen) atoms. The molecule has 0 aromatic heterocycles. The maximum Gasteiger partial charge on any atom is 0.334 e. The van der Waals surface area contributed by atoms with Crippen LogP contribution in [0.15, 0.2) is 30.3 Å². The van der Waals surface area contributed by atoms with Gasteiger partial charge in [0, 0.05) is 5.92 Å². The minimum absolute atomic E-state index is 0.0201. The maximum atomic E-state index is 12.8. The number of ketones is 1. The van der Waals surface area contributed by atoms with Crippen molar-refractivity contribution in [2.24, 2.45) is 5.41 Å². The molecule has 0 radical (unpaired) electrons. The summed E-state index contributed by atoms with van der Waals surface area (Å²) in [6.07, 6.45) is 0.0201. The van der Waals surface area contributed by atoms with Gasteiger partial charge in [-0.3, -0.25) is 14.4 Å². The summed E-state index contributed by atoms with van der Waals surface area (Å²) in [6.45, 7) is 3.32. The van der Waals surface area contributed by atoms with E-state index in [1.54, 1.807) is 38.1 Å². The van der Waals surface area contributed by atoms with Crippen molar-refractivity contribution in [2.75, 3.05) is 13.2 Å². The largest absolute Gasteiger partial charge is 0.465 e. The van der Waals surface area contributed by atoms with Gasteiger partial charge in [-0.2, -0.15) is 0 Å². The van der Waals surface area contributed by atoms with Crippen LogP contribution in [0.2, 0.25) is 0 Å². The predicted octanol–water partition coefficient (Wildman–Crippen LogP) is 0.724. The number of ether oxygens (including phenoxy) is 2. The van der Waals surface area contributed by atoms with E-state index in [1.807, 2.05) is 6.07 Å². The zero-order valence-electron chi connectivity index (χ0n) is 14.0. The van der Waals surface area contributed by atoms with E-state index in [-0.39, 0.29) is 19.6 Å². The Kier molecular flexibility index (Phi) is 4.10. The van der Waals surface area contributed by atoms with Crippen molar-refractivity contribution in [3.63, 3.8) is 0 Å². The van der Waals surface area contributed by atoms with Crippen LogP contribution >= 0.6 is 0 Å². The number of amides is 1. The van der Waals surface area contributed by atoms with Crippen LogP contribution in [0.4, 0.5) is 0 Å². The topological polar surface area (TPSA) is 98.8 Å².